The number of hydrogen-bond acceptors (Lipinski definition) is 4. The number of rotatable bonds is 6. The minimum absolute atomic E-state index is 0.0484. The summed E-state index contributed by atoms with van der Waals surface area (Å²) in [5.41, 5.74) is 3.33. The van der Waals surface area contributed by atoms with Gasteiger partial charge in [-0.05, 0) is 42.0 Å². The molecule has 1 aliphatic rings. The van der Waals surface area contributed by atoms with E-state index in [9.17, 15) is 9.59 Å². The summed E-state index contributed by atoms with van der Waals surface area (Å²) >= 11 is 1.40. The van der Waals surface area contributed by atoms with Gasteiger partial charge in [0.15, 0.2) is 5.78 Å². The smallest absolute Gasteiger partial charge is 0.227 e. The van der Waals surface area contributed by atoms with Crippen molar-refractivity contribution >= 4 is 23.0 Å². The summed E-state index contributed by atoms with van der Waals surface area (Å²) in [4.78, 5) is 26.1. The van der Waals surface area contributed by atoms with Crippen LogP contribution in [0.3, 0.4) is 0 Å². The van der Waals surface area contributed by atoms with Crippen LogP contribution in [0.25, 0.3) is 0 Å². The first-order chi connectivity index (χ1) is 11.5. The van der Waals surface area contributed by atoms with Crippen LogP contribution in [0.5, 0.6) is 0 Å². The van der Waals surface area contributed by atoms with E-state index in [4.69, 9.17) is 4.74 Å². The second-order valence-electron chi connectivity index (χ2n) is 6.21. The summed E-state index contributed by atoms with van der Waals surface area (Å²) in [5, 5.41) is 1.89. The van der Waals surface area contributed by atoms with Crippen LogP contribution in [0.1, 0.15) is 33.3 Å². The molecule has 0 unspecified atom stereocenters. The molecule has 1 aromatic heterocycles. The molecule has 0 radical (unpaired) electrons. The molecular formula is C19H21NO3S. The molecule has 0 saturated carbocycles. The molecule has 0 aliphatic carbocycles. The maximum Gasteiger partial charge on any atom is 0.227 e. The fourth-order valence-electron chi connectivity index (χ4n) is 2.67. The predicted molar refractivity (Wildman–Crippen MR) is 94.4 cm³/mol. The van der Waals surface area contributed by atoms with Crippen LogP contribution >= 0.6 is 11.3 Å². The predicted octanol–water partition coefficient (Wildman–Crippen LogP) is 3.23. The third-order valence-corrected chi connectivity index (χ3v) is 5.37. The van der Waals surface area contributed by atoms with E-state index in [0.717, 1.165) is 5.56 Å². The summed E-state index contributed by atoms with van der Waals surface area (Å²) in [6.45, 7) is 5.50. The molecule has 1 aromatic carbocycles. The normalized spacial score (nSPS) is 14.5. The monoisotopic (exact) mass is 343 g/mol. The lowest BCUT2D eigenvalue weighted by Crippen LogP contribution is -2.55. The number of carbonyl (C=O) groups excluding carboxylic acids is 2. The second kappa shape index (κ2) is 7.28. The topological polar surface area (TPSA) is 46.6 Å². The number of ketones is 1. The van der Waals surface area contributed by atoms with Crippen molar-refractivity contribution in [2.24, 2.45) is 0 Å². The molecule has 0 spiro atoms. The zero-order chi connectivity index (χ0) is 17.1. The molecule has 5 heteroatoms. The molecule has 0 bridgehead atoms. The molecular weight excluding hydrogens is 322 g/mol. The van der Waals surface area contributed by atoms with E-state index in [1.54, 1.807) is 6.92 Å². The Kier molecular flexibility index (Phi) is 5.11. The molecule has 2 aromatic rings. The highest BCUT2D eigenvalue weighted by molar-refractivity contribution is 7.12. The molecule has 0 atom stereocenters. The molecule has 1 amide bonds. The first-order valence-corrected chi connectivity index (χ1v) is 8.93. The Labute approximate surface area is 146 Å². The Hall–Kier alpha value is -1.98. The van der Waals surface area contributed by atoms with Crippen LogP contribution in [0.4, 0.5) is 0 Å². The van der Waals surface area contributed by atoms with Crippen LogP contribution < -0.4 is 0 Å². The van der Waals surface area contributed by atoms with Gasteiger partial charge in [-0.1, -0.05) is 24.3 Å². The van der Waals surface area contributed by atoms with Crippen LogP contribution in [0, 0.1) is 6.92 Å². The summed E-state index contributed by atoms with van der Waals surface area (Å²) in [6.07, 6.45) is 0.470. The first-order valence-electron chi connectivity index (χ1n) is 8.05. The zero-order valence-electron chi connectivity index (χ0n) is 14.0. The number of aryl methyl sites for hydroxylation is 1. The van der Waals surface area contributed by atoms with E-state index in [1.165, 1.54) is 22.5 Å². The molecule has 24 heavy (non-hydrogen) atoms. The number of benzene rings is 1. The number of Topliss-reactive ketones (excluding diaryl/α,β-unsaturated/α-hetero) is 1. The van der Waals surface area contributed by atoms with Crippen LogP contribution in [-0.2, 0) is 22.6 Å². The van der Waals surface area contributed by atoms with Gasteiger partial charge >= 0.3 is 0 Å². The van der Waals surface area contributed by atoms with Gasteiger partial charge < -0.3 is 9.64 Å². The summed E-state index contributed by atoms with van der Waals surface area (Å²) in [7, 11) is 0. The molecule has 4 nitrogen and oxygen atoms in total. The maximum atomic E-state index is 12.2. The minimum atomic E-state index is 0.0484. The van der Waals surface area contributed by atoms with E-state index in [2.05, 4.69) is 19.1 Å². The highest BCUT2D eigenvalue weighted by atomic mass is 32.1. The van der Waals surface area contributed by atoms with Gasteiger partial charge in [0.1, 0.15) is 0 Å². The molecule has 3 rings (SSSR count). The number of carbonyl (C=O) groups is 2. The Morgan fingerprint density at radius 3 is 2.71 bits per heavy atom. The first kappa shape index (κ1) is 16.9. The zero-order valence-corrected chi connectivity index (χ0v) is 14.8. The SMILES string of the molecule is CC(=O)c1cc(CC(=O)N2CC(OCc3ccccc3C)C2)cs1. The van der Waals surface area contributed by atoms with Crippen molar-refractivity contribution in [3.8, 4) is 0 Å². The third-order valence-electron chi connectivity index (χ3n) is 4.29. The van der Waals surface area contributed by atoms with Crippen LogP contribution in [0.2, 0.25) is 0 Å². The van der Waals surface area contributed by atoms with Crippen LogP contribution in [-0.4, -0.2) is 35.8 Å². The van der Waals surface area contributed by atoms with E-state index < -0.39 is 0 Å². The van der Waals surface area contributed by atoms with Gasteiger partial charge in [0, 0.05) is 13.1 Å². The van der Waals surface area contributed by atoms with E-state index in [0.29, 0.717) is 31.0 Å². The molecule has 2 heterocycles. The Morgan fingerprint density at radius 1 is 1.29 bits per heavy atom. The fourth-order valence-corrected chi connectivity index (χ4v) is 3.48. The summed E-state index contributed by atoms with van der Waals surface area (Å²) < 4.78 is 5.87. The van der Waals surface area contributed by atoms with Crippen molar-refractivity contribution in [1.82, 2.24) is 4.90 Å². The molecule has 1 fully saturated rings. The minimum Gasteiger partial charge on any atom is -0.370 e. The Morgan fingerprint density at radius 2 is 2.04 bits per heavy atom. The van der Waals surface area contributed by atoms with Crippen molar-refractivity contribution in [2.45, 2.75) is 33.0 Å². The second-order valence-corrected chi connectivity index (χ2v) is 7.12. The summed E-state index contributed by atoms with van der Waals surface area (Å²) in [5.74, 6) is 0.144. The average molecular weight is 343 g/mol. The number of nitrogens with zero attached hydrogens (tertiary/aromatic N) is 1. The Balaban J connectivity index is 1.43. The van der Waals surface area contributed by atoms with Gasteiger partial charge in [-0.25, -0.2) is 0 Å². The van der Waals surface area contributed by atoms with E-state index in [-0.39, 0.29) is 17.8 Å². The van der Waals surface area contributed by atoms with Gasteiger partial charge in [0.05, 0.1) is 24.0 Å². The molecule has 0 N–H and O–H groups in total. The lowest BCUT2D eigenvalue weighted by atomic mass is 10.1. The van der Waals surface area contributed by atoms with Gasteiger partial charge in [0.25, 0.3) is 0 Å². The number of thiophene rings is 1. The fraction of sp³-hybridized carbons (Fsp3) is 0.368. The number of ether oxygens (including phenoxy) is 1. The maximum absolute atomic E-state index is 12.2. The largest absolute Gasteiger partial charge is 0.370 e. The van der Waals surface area contributed by atoms with Crippen molar-refractivity contribution in [3.05, 3.63) is 57.3 Å². The highest BCUT2D eigenvalue weighted by Crippen LogP contribution is 2.20. The quantitative estimate of drug-likeness (QED) is 0.757. The van der Waals surface area contributed by atoms with Gasteiger partial charge in [0.2, 0.25) is 5.91 Å². The average Bonchev–Trinajstić information content (AvgIpc) is 2.96. The standard InChI is InChI=1S/C19H21NO3S/c1-13-5-3-4-6-16(13)11-23-17-9-20(10-17)19(22)8-15-7-18(14(2)21)24-12-15/h3-7,12,17H,8-11H2,1-2H3. The van der Waals surface area contributed by atoms with Crippen LogP contribution in [0.15, 0.2) is 35.7 Å². The molecule has 1 saturated heterocycles. The third kappa shape index (κ3) is 3.91. The lowest BCUT2D eigenvalue weighted by Gasteiger charge is -2.39. The van der Waals surface area contributed by atoms with Crippen molar-refractivity contribution < 1.29 is 14.3 Å². The van der Waals surface area contributed by atoms with Crippen molar-refractivity contribution in [2.75, 3.05) is 13.1 Å². The number of amides is 1. The van der Waals surface area contributed by atoms with Gasteiger partial charge in [-0.2, -0.15) is 0 Å². The molecule has 126 valence electrons. The van der Waals surface area contributed by atoms with Crippen molar-refractivity contribution in [1.29, 1.82) is 0 Å². The molecule has 1 aliphatic heterocycles. The van der Waals surface area contributed by atoms with Gasteiger partial charge in [-0.3, -0.25) is 9.59 Å². The van der Waals surface area contributed by atoms with E-state index in [1.807, 2.05) is 28.5 Å². The summed E-state index contributed by atoms with van der Waals surface area (Å²) in [6, 6.07) is 9.99. The lowest BCUT2D eigenvalue weighted by molar-refractivity contribution is -0.145. The number of likely N-dealkylation sites (tertiary alicyclic amines) is 1. The Bertz CT molecular complexity index is 747. The number of hydrogen-bond donors (Lipinski definition) is 0. The van der Waals surface area contributed by atoms with E-state index >= 15 is 0 Å². The highest BCUT2D eigenvalue weighted by Gasteiger charge is 2.31. The van der Waals surface area contributed by atoms with Gasteiger partial charge in [-0.15, -0.1) is 11.3 Å². The van der Waals surface area contributed by atoms with Crippen molar-refractivity contribution in [3.63, 3.8) is 0 Å².